The van der Waals surface area contributed by atoms with Gasteiger partial charge in [0.2, 0.25) is 5.91 Å². The molecule has 6 rings (SSSR count). The van der Waals surface area contributed by atoms with Crippen LogP contribution in [0.4, 0.5) is 9.18 Å². The minimum Gasteiger partial charge on any atom is -0.490 e. The van der Waals surface area contributed by atoms with E-state index >= 15 is 0 Å². The first-order chi connectivity index (χ1) is 22.0. The monoisotopic (exact) mass is 631 g/mol. The average molecular weight is 632 g/mol. The maximum Gasteiger partial charge on any atom is 0.407 e. The lowest BCUT2D eigenvalue weighted by atomic mass is 9.96. The highest BCUT2D eigenvalue weighted by atomic mass is 32.1. The standard InChI is InChI=1S/C33H34FN5O5S/c1-2-29(40)39-12-8-25(20-39)44-33(41)36-11-13-42-14-15-43-28-18-24(34)5-6-26(28)31-32-27(9-16-45-32)30(37-38-31)22-3-4-23-19-35-10-7-21(23)17-22/h2-6,9,16-18,25,35H,1,7-8,10-15,19-20H2,(H,36,41). The van der Waals surface area contributed by atoms with Crippen molar-refractivity contribution in [2.45, 2.75) is 25.5 Å². The zero-order valence-corrected chi connectivity index (χ0v) is 25.5. The molecule has 2 N–H and O–H groups in total. The lowest BCUT2D eigenvalue weighted by molar-refractivity contribution is -0.125. The zero-order valence-electron chi connectivity index (χ0n) is 24.7. The van der Waals surface area contributed by atoms with Crippen molar-refractivity contribution in [3.63, 3.8) is 0 Å². The van der Waals surface area contributed by atoms with Gasteiger partial charge in [0.25, 0.3) is 0 Å². The third-order valence-corrected chi connectivity index (χ3v) is 8.78. The Morgan fingerprint density at radius 2 is 2.00 bits per heavy atom. The highest BCUT2D eigenvalue weighted by Gasteiger charge is 2.27. The molecule has 234 valence electrons. The zero-order chi connectivity index (χ0) is 31.2. The fourth-order valence-electron chi connectivity index (χ4n) is 5.59. The van der Waals surface area contributed by atoms with E-state index in [9.17, 15) is 14.0 Å². The van der Waals surface area contributed by atoms with Crippen molar-refractivity contribution < 1.29 is 28.2 Å². The van der Waals surface area contributed by atoms with E-state index in [0.29, 0.717) is 36.5 Å². The fourth-order valence-corrected chi connectivity index (χ4v) is 6.48. The molecular weight excluding hydrogens is 597 g/mol. The van der Waals surface area contributed by atoms with E-state index < -0.39 is 11.9 Å². The summed E-state index contributed by atoms with van der Waals surface area (Å²) in [6, 6.07) is 12.9. The lowest BCUT2D eigenvalue weighted by Crippen LogP contribution is -2.34. The molecule has 45 heavy (non-hydrogen) atoms. The van der Waals surface area contributed by atoms with Crippen LogP contribution in [0.2, 0.25) is 0 Å². The molecule has 1 fully saturated rings. The number of amides is 2. The van der Waals surface area contributed by atoms with Crippen molar-refractivity contribution in [1.82, 2.24) is 25.7 Å². The number of nitrogens with zero attached hydrogens (tertiary/aromatic N) is 3. The first kappa shape index (κ1) is 30.6. The molecule has 4 heterocycles. The Labute approximate surface area is 264 Å². The number of halogens is 1. The second kappa shape index (κ2) is 14.1. The number of carbonyl (C=O) groups is 2. The second-order valence-corrected chi connectivity index (χ2v) is 11.7. The van der Waals surface area contributed by atoms with Crippen LogP contribution in [-0.4, -0.2) is 79.2 Å². The molecule has 12 heteroatoms. The van der Waals surface area contributed by atoms with Crippen LogP contribution in [0, 0.1) is 5.82 Å². The summed E-state index contributed by atoms with van der Waals surface area (Å²) in [6.07, 6.45) is 1.91. The first-order valence-electron chi connectivity index (χ1n) is 14.9. The second-order valence-electron chi connectivity index (χ2n) is 10.8. The van der Waals surface area contributed by atoms with E-state index in [4.69, 9.17) is 14.2 Å². The SMILES string of the molecule is C=CC(=O)N1CCC(OC(=O)NCCOCCOc2cc(F)ccc2-c2nnc(-c3ccc4c(c3)CCNC4)c3ccsc23)C1. The normalized spacial score (nSPS) is 15.9. The van der Waals surface area contributed by atoms with Gasteiger partial charge in [-0.3, -0.25) is 4.79 Å². The number of carbonyl (C=O) groups excluding carboxylic acids is 2. The summed E-state index contributed by atoms with van der Waals surface area (Å²) in [7, 11) is 0. The summed E-state index contributed by atoms with van der Waals surface area (Å²) in [5.41, 5.74) is 5.75. The Balaban J connectivity index is 1.03. The van der Waals surface area contributed by atoms with Gasteiger partial charge in [0, 0.05) is 48.6 Å². The van der Waals surface area contributed by atoms with Gasteiger partial charge in [0.05, 0.1) is 24.5 Å². The van der Waals surface area contributed by atoms with Crippen molar-refractivity contribution in [2.24, 2.45) is 0 Å². The molecule has 2 amide bonds. The van der Waals surface area contributed by atoms with Crippen LogP contribution in [0.15, 0.2) is 60.5 Å². The molecule has 0 saturated carbocycles. The number of thiophene rings is 1. The van der Waals surface area contributed by atoms with Crippen LogP contribution in [-0.2, 0) is 27.2 Å². The third kappa shape index (κ3) is 7.14. The van der Waals surface area contributed by atoms with E-state index in [1.165, 1.54) is 29.3 Å². The Morgan fingerprint density at radius 1 is 1.11 bits per heavy atom. The van der Waals surface area contributed by atoms with Crippen molar-refractivity contribution in [3.05, 3.63) is 77.4 Å². The molecule has 1 atom stereocenters. The maximum atomic E-state index is 14.3. The number of nitrogens with one attached hydrogen (secondary N) is 2. The van der Waals surface area contributed by atoms with E-state index in [-0.39, 0.29) is 38.4 Å². The molecule has 0 radical (unpaired) electrons. The number of aromatic nitrogens is 2. The quantitative estimate of drug-likeness (QED) is 0.181. The Kier molecular flexibility index (Phi) is 9.63. The predicted molar refractivity (Wildman–Crippen MR) is 170 cm³/mol. The molecule has 0 aliphatic carbocycles. The molecule has 4 aromatic rings. The summed E-state index contributed by atoms with van der Waals surface area (Å²) < 4.78 is 32.1. The van der Waals surface area contributed by atoms with Crippen LogP contribution >= 0.6 is 11.3 Å². The summed E-state index contributed by atoms with van der Waals surface area (Å²) in [5.74, 6) is -0.252. The van der Waals surface area contributed by atoms with E-state index in [2.05, 4.69) is 45.6 Å². The smallest absolute Gasteiger partial charge is 0.407 e. The molecule has 2 aliphatic heterocycles. The van der Waals surface area contributed by atoms with Crippen LogP contribution in [0.5, 0.6) is 5.75 Å². The minimum atomic E-state index is -0.562. The van der Waals surface area contributed by atoms with Crippen LogP contribution < -0.4 is 15.4 Å². The van der Waals surface area contributed by atoms with Gasteiger partial charge in [-0.15, -0.1) is 21.5 Å². The van der Waals surface area contributed by atoms with Gasteiger partial charge in [0.1, 0.15) is 35.7 Å². The summed E-state index contributed by atoms with van der Waals surface area (Å²) >= 11 is 1.56. The van der Waals surface area contributed by atoms with Crippen molar-refractivity contribution >= 4 is 33.4 Å². The molecule has 1 unspecified atom stereocenters. The molecule has 10 nitrogen and oxygen atoms in total. The molecule has 2 aromatic heterocycles. The van der Waals surface area contributed by atoms with Crippen molar-refractivity contribution in [2.75, 3.05) is 46.0 Å². The summed E-state index contributed by atoms with van der Waals surface area (Å²) in [5, 5.41) is 18.3. The molecule has 2 aromatic carbocycles. The van der Waals surface area contributed by atoms with Gasteiger partial charge in [0.15, 0.2) is 0 Å². The van der Waals surface area contributed by atoms with E-state index in [1.54, 1.807) is 22.3 Å². The average Bonchev–Trinajstić information content (AvgIpc) is 3.74. The predicted octanol–water partition coefficient (Wildman–Crippen LogP) is 4.72. The number of hydrogen-bond acceptors (Lipinski definition) is 9. The fraction of sp³-hybridized carbons (Fsp3) is 0.333. The molecule has 2 aliphatic rings. The number of likely N-dealkylation sites (tertiary alicyclic amines) is 1. The summed E-state index contributed by atoms with van der Waals surface area (Å²) in [4.78, 5) is 25.3. The molecular formula is C33H34FN5O5S. The van der Waals surface area contributed by atoms with Gasteiger partial charge in [-0.2, -0.15) is 0 Å². The number of hydrogen-bond donors (Lipinski definition) is 2. The Hall–Kier alpha value is -4.39. The van der Waals surface area contributed by atoms with E-state index in [1.807, 2.05) is 11.4 Å². The van der Waals surface area contributed by atoms with Gasteiger partial charge in [-0.05, 0) is 59.8 Å². The summed E-state index contributed by atoms with van der Waals surface area (Å²) in [6.45, 7) is 7.06. The van der Waals surface area contributed by atoms with E-state index in [0.717, 1.165) is 40.9 Å². The number of ether oxygens (including phenoxy) is 3. The maximum absolute atomic E-state index is 14.3. The molecule has 0 spiro atoms. The molecule has 1 saturated heterocycles. The van der Waals surface area contributed by atoms with Gasteiger partial charge in [-0.25, -0.2) is 9.18 Å². The first-order valence-corrected chi connectivity index (χ1v) is 15.8. The van der Waals surface area contributed by atoms with Crippen molar-refractivity contribution in [1.29, 1.82) is 0 Å². The van der Waals surface area contributed by atoms with Crippen LogP contribution in [0.25, 0.3) is 32.6 Å². The van der Waals surface area contributed by atoms with Crippen LogP contribution in [0.1, 0.15) is 17.5 Å². The number of fused-ring (bicyclic) bond motifs is 2. The van der Waals surface area contributed by atoms with Crippen molar-refractivity contribution in [3.8, 4) is 28.3 Å². The Bertz CT molecular complexity index is 1710. The largest absolute Gasteiger partial charge is 0.490 e. The highest BCUT2D eigenvalue weighted by molar-refractivity contribution is 7.17. The Morgan fingerprint density at radius 3 is 2.89 bits per heavy atom. The highest BCUT2D eigenvalue weighted by Crippen LogP contribution is 2.39. The van der Waals surface area contributed by atoms with Crippen LogP contribution in [0.3, 0.4) is 0 Å². The third-order valence-electron chi connectivity index (χ3n) is 7.86. The minimum absolute atomic E-state index is 0.166. The number of alkyl carbamates (subject to hydrolysis) is 1. The van der Waals surface area contributed by atoms with Gasteiger partial charge >= 0.3 is 6.09 Å². The van der Waals surface area contributed by atoms with Gasteiger partial charge < -0.3 is 29.7 Å². The number of rotatable bonds is 11. The lowest BCUT2D eigenvalue weighted by Gasteiger charge is -2.18. The van der Waals surface area contributed by atoms with Gasteiger partial charge in [-0.1, -0.05) is 18.7 Å². The topological polar surface area (TPSA) is 115 Å². The number of benzene rings is 2. The molecule has 0 bridgehead atoms.